The second-order valence-electron chi connectivity index (χ2n) is 3.58. The van der Waals surface area contributed by atoms with E-state index in [0.717, 1.165) is 0 Å². The van der Waals surface area contributed by atoms with Crippen molar-refractivity contribution in [2.45, 2.75) is 6.61 Å². The molecule has 0 saturated heterocycles. The molecule has 1 N–H and O–H groups in total. The summed E-state index contributed by atoms with van der Waals surface area (Å²) in [4.78, 5) is 11.2. The van der Waals surface area contributed by atoms with E-state index < -0.39 is 0 Å². The van der Waals surface area contributed by atoms with Gasteiger partial charge in [-0.25, -0.2) is 0 Å². The molecule has 1 aromatic carbocycles. The number of nitrogens with one attached hydrogen (secondary N) is 1. The smallest absolute Gasteiger partial charge is 0.322 e. The third-order valence-corrected chi connectivity index (χ3v) is 2.09. The summed E-state index contributed by atoms with van der Waals surface area (Å²) in [7, 11) is 1.42. The number of ether oxygens (including phenoxy) is 2. The first kappa shape index (κ1) is 13.0. The van der Waals surface area contributed by atoms with Crippen LogP contribution in [0.15, 0.2) is 34.7 Å². The maximum atomic E-state index is 11.2. The molecule has 1 heterocycles. The van der Waals surface area contributed by atoms with Crippen LogP contribution in [0.4, 0.5) is 6.01 Å². The lowest BCUT2D eigenvalue weighted by atomic mass is 10.3. The molecular formula is C12H13N3O4. The van der Waals surface area contributed by atoms with E-state index in [0.29, 0.717) is 5.75 Å². The van der Waals surface area contributed by atoms with Crippen LogP contribution < -0.4 is 10.1 Å². The van der Waals surface area contributed by atoms with Gasteiger partial charge in [0.15, 0.2) is 6.61 Å². The molecule has 7 nitrogen and oxygen atoms in total. The van der Waals surface area contributed by atoms with Gasteiger partial charge < -0.3 is 13.9 Å². The highest BCUT2D eigenvalue weighted by molar-refractivity contribution is 5.89. The number of methoxy groups -OCH3 is 1. The summed E-state index contributed by atoms with van der Waals surface area (Å²) in [5.41, 5.74) is 0. The topological polar surface area (TPSA) is 86.5 Å². The number of para-hydroxylation sites is 1. The second-order valence-corrected chi connectivity index (χ2v) is 3.58. The van der Waals surface area contributed by atoms with Crippen LogP contribution in [0.5, 0.6) is 5.75 Å². The van der Waals surface area contributed by atoms with E-state index in [1.165, 1.54) is 7.11 Å². The van der Waals surface area contributed by atoms with E-state index in [1.54, 1.807) is 0 Å². The zero-order valence-corrected chi connectivity index (χ0v) is 10.3. The van der Waals surface area contributed by atoms with Crippen LogP contribution in [-0.2, 0) is 16.1 Å². The third kappa shape index (κ3) is 4.07. The fourth-order valence-electron chi connectivity index (χ4n) is 1.31. The van der Waals surface area contributed by atoms with Crippen LogP contribution >= 0.6 is 0 Å². The van der Waals surface area contributed by atoms with E-state index >= 15 is 0 Å². The molecule has 0 bridgehead atoms. The Hall–Kier alpha value is -2.41. The Morgan fingerprint density at radius 2 is 2.11 bits per heavy atom. The number of carbonyl (C=O) groups excluding carboxylic acids is 1. The van der Waals surface area contributed by atoms with Gasteiger partial charge in [-0.3, -0.25) is 10.1 Å². The van der Waals surface area contributed by atoms with Crippen LogP contribution in [0, 0.1) is 0 Å². The first-order valence-corrected chi connectivity index (χ1v) is 5.57. The van der Waals surface area contributed by atoms with Crippen molar-refractivity contribution in [1.82, 2.24) is 10.2 Å². The SMILES string of the molecule is COCC(=O)Nc1nnc(COc2ccccc2)o1. The molecular weight excluding hydrogens is 250 g/mol. The van der Waals surface area contributed by atoms with Crippen LogP contribution in [0.3, 0.4) is 0 Å². The van der Waals surface area contributed by atoms with Gasteiger partial charge in [-0.1, -0.05) is 23.3 Å². The molecule has 0 aliphatic heterocycles. The second kappa shape index (κ2) is 6.50. The summed E-state index contributed by atoms with van der Waals surface area (Å²) in [6.45, 7) is 0.0649. The molecule has 2 rings (SSSR count). The minimum absolute atomic E-state index is 0.0220. The Morgan fingerprint density at radius 3 is 2.84 bits per heavy atom. The average Bonchev–Trinajstić information content (AvgIpc) is 2.85. The first-order chi connectivity index (χ1) is 9.28. The first-order valence-electron chi connectivity index (χ1n) is 5.57. The van der Waals surface area contributed by atoms with Gasteiger partial charge in [0, 0.05) is 7.11 Å². The average molecular weight is 263 g/mol. The van der Waals surface area contributed by atoms with E-state index in [9.17, 15) is 4.79 Å². The van der Waals surface area contributed by atoms with E-state index in [2.05, 4.69) is 20.3 Å². The standard InChI is InChI=1S/C12H13N3O4/c1-17-7-10(16)13-12-15-14-11(19-12)8-18-9-5-3-2-4-6-9/h2-6H,7-8H2,1H3,(H,13,15,16). The predicted molar refractivity (Wildman–Crippen MR) is 65.6 cm³/mol. The Kier molecular flexibility index (Phi) is 4.46. The molecule has 19 heavy (non-hydrogen) atoms. The summed E-state index contributed by atoms with van der Waals surface area (Å²) in [6.07, 6.45) is 0. The molecule has 0 fully saturated rings. The normalized spacial score (nSPS) is 10.2. The van der Waals surface area contributed by atoms with Crippen LogP contribution in [0.1, 0.15) is 5.89 Å². The molecule has 0 atom stereocenters. The largest absolute Gasteiger partial charge is 0.484 e. The van der Waals surface area contributed by atoms with Gasteiger partial charge in [0.2, 0.25) is 0 Å². The number of carbonyl (C=O) groups is 1. The Bertz CT molecular complexity index is 527. The van der Waals surface area contributed by atoms with Crippen molar-refractivity contribution in [2.75, 3.05) is 19.0 Å². The van der Waals surface area contributed by atoms with Gasteiger partial charge in [0.05, 0.1) is 0 Å². The minimum atomic E-state index is -0.360. The fraction of sp³-hybridized carbons (Fsp3) is 0.250. The maximum absolute atomic E-state index is 11.2. The Balaban J connectivity index is 1.85. The van der Waals surface area contributed by atoms with E-state index in [1.807, 2.05) is 30.3 Å². The van der Waals surface area contributed by atoms with Gasteiger partial charge in [-0.2, -0.15) is 0 Å². The summed E-state index contributed by atoms with van der Waals surface area (Å²) in [5.74, 6) is 0.615. The zero-order chi connectivity index (χ0) is 13.5. The van der Waals surface area contributed by atoms with E-state index in [-0.39, 0.29) is 31.0 Å². The lowest BCUT2D eigenvalue weighted by Crippen LogP contribution is -2.17. The number of amides is 1. The van der Waals surface area contributed by atoms with Gasteiger partial charge in [-0.05, 0) is 12.1 Å². The summed E-state index contributed by atoms with van der Waals surface area (Å²) in [5, 5.41) is 9.82. The molecule has 0 aliphatic carbocycles. The van der Waals surface area contributed by atoms with Crippen molar-refractivity contribution in [1.29, 1.82) is 0 Å². The maximum Gasteiger partial charge on any atom is 0.322 e. The van der Waals surface area contributed by atoms with Gasteiger partial charge >= 0.3 is 6.01 Å². The molecule has 0 radical (unpaired) electrons. The number of anilines is 1. The quantitative estimate of drug-likeness (QED) is 0.843. The van der Waals surface area contributed by atoms with Crippen LogP contribution in [0.2, 0.25) is 0 Å². The molecule has 0 saturated carbocycles. The summed E-state index contributed by atoms with van der Waals surface area (Å²) < 4.78 is 15.3. The Labute approximate surface area is 109 Å². The number of aromatic nitrogens is 2. The van der Waals surface area contributed by atoms with Gasteiger partial charge in [0.1, 0.15) is 12.4 Å². The zero-order valence-electron chi connectivity index (χ0n) is 10.3. The molecule has 0 unspecified atom stereocenters. The number of benzene rings is 1. The van der Waals surface area contributed by atoms with Crippen molar-refractivity contribution in [3.05, 3.63) is 36.2 Å². The van der Waals surface area contributed by atoms with Gasteiger partial charge in [-0.15, -0.1) is 5.10 Å². The van der Waals surface area contributed by atoms with Gasteiger partial charge in [0.25, 0.3) is 11.8 Å². The molecule has 100 valence electrons. The van der Waals surface area contributed by atoms with Crippen molar-refractivity contribution >= 4 is 11.9 Å². The third-order valence-electron chi connectivity index (χ3n) is 2.09. The van der Waals surface area contributed by atoms with Crippen LogP contribution in [-0.4, -0.2) is 29.8 Å². The highest BCUT2D eigenvalue weighted by atomic mass is 16.5. The van der Waals surface area contributed by atoms with Crippen molar-refractivity contribution in [2.24, 2.45) is 0 Å². The number of hydrogen-bond donors (Lipinski definition) is 1. The molecule has 1 aromatic heterocycles. The number of rotatable bonds is 6. The molecule has 1 amide bonds. The molecule has 7 heteroatoms. The van der Waals surface area contributed by atoms with Crippen molar-refractivity contribution < 1.29 is 18.7 Å². The number of nitrogens with zero attached hydrogens (tertiary/aromatic N) is 2. The molecule has 0 aliphatic rings. The molecule has 2 aromatic rings. The highest BCUT2D eigenvalue weighted by Gasteiger charge is 2.09. The monoisotopic (exact) mass is 263 g/mol. The highest BCUT2D eigenvalue weighted by Crippen LogP contribution is 2.12. The lowest BCUT2D eigenvalue weighted by Gasteiger charge is -2.01. The van der Waals surface area contributed by atoms with Crippen LogP contribution in [0.25, 0.3) is 0 Å². The number of hydrogen-bond acceptors (Lipinski definition) is 6. The van der Waals surface area contributed by atoms with Crippen molar-refractivity contribution in [3.8, 4) is 5.75 Å². The summed E-state index contributed by atoms with van der Waals surface area (Å²) in [6, 6.07) is 9.27. The fourth-order valence-corrected chi connectivity index (χ4v) is 1.31. The van der Waals surface area contributed by atoms with Crippen molar-refractivity contribution in [3.63, 3.8) is 0 Å². The predicted octanol–water partition coefficient (Wildman–Crippen LogP) is 1.23. The van der Waals surface area contributed by atoms with E-state index in [4.69, 9.17) is 9.15 Å². The Morgan fingerprint density at radius 1 is 1.32 bits per heavy atom. The molecule has 0 spiro atoms. The summed E-state index contributed by atoms with van der Waals surface area (Å²) >= 11 is 0. The minimum Gasteiger partial charge on any atom is -0.484 e. The lowest BCUT2D eigenvalue weighted by molar-refractivity contribution is -0.119.